The zero-order valence-electron chi connectivity index (χ0n) is 39.9. The van der Waals surface area contributed by atoms with Crippen molar-refractivity contribution < 1.29 is 30.0 Å². The number of para-hydroxylation sites is 2. The summed E-state index contributed by atoms with van der Waals surface area (Å²) in [5, 5.41) is 16.7. The number of benzene rings is 10. The van der Waals surface area contributed by atoms with E-state index >= 15 is 0 Å². The summed E-state index contributed by atoms with van der Waals surface area (Å²) in [6, 6.07) is 86.0. The summed E-state index contributed by atoms with van der Waals surface area (Å²) >= 11 is 0. The van der Waals surface area contributed by atoms with E-state index in [0.29, 0.717) is 6.42 Å². The molecule has 2 heterocycles. The molecule has 12 aromatic rings. The second kappa shape index (κ2) is 20.3. The van der Waals surface area contributed by atoms with E-state index in [0.717, 1.165) is 116 Å². The Labute approximate surface area is 438 Å². The fraction of sp³-hybridized carbons (Fsp3) is 0.0441. The standard InChI is InChI=1S/C68H46N2O2.Ir/c1-44(71)40-53(72)39-38-45-16-2-3-17-54(45)50-41-51(57-20-6-4-18-55(57)46-30-34-48(35-31-46)67-63-26-10-8-22-59(63)61-24-12-14-28-65(61)69-67)43-52(42-50)58-21-7-5-19-56(58)47-32-36-49(37-33-47)68-64-27-11-9-23-60(64)62-25-13-15-29-66(62)70-68;/h2-34,36,40-43,71H,38-39H2,1H3;/q-2;/b44-40-;. The molecule has 10 aromatic carbocycles. The third-order valence-electron chi connectivity index (χ3n) is 13.7. The van der Waals surface area contributed by atoms with E-state index in [2.05, 4.69) is 218 Å². The zero-order valence-corrected chi connectivity index (χ0v) is 42.3. The molecule has 2 aromatic heterocycles. The minimum absolute atomic E-state index is 0. The fourth-order valence-corrected chi connectivity index (χ4v) is 10.3. The van der Waals surface area contributed by atoms with Gasteiger partial charge in [0.25, 0.3) is 0 Å². The summed E-state index contributed by atoms with van der Waals surface area (Å²) in [4.78, 5) is 23.2. The molecule has 1 radical (unpaired) electrons. The number of carbonyl (C=O) groups is 1. The first kappa shape index (κ1) is 46.8. The number of hydrogen-bond donors (Lipinski definition) is 1. The molecule has 0 aliphatic heterocycles. The van der Waals surface area contributed by atoms with Crippen LogP contribution in [0.4, 0.5) is 0 Å². The van der Waals surface area contributed by atoms with Gasteiger partial charge in [0.1, 0.15) is 0 Å². The second-order valence-corrected chi connectivity index (χ2v) is 18.3. The molecule has 0 saturated carbocycles. The van der Waals surface area contributed by atoms with Gasteiger partial charge in [0, 0.05) is 43.4 Å². The first-order valence-electron chi connectivity index (χ1n) is 24.4. The van der Waals surface area contributed by atoms with Crippen molar-refractivity contribution in [1.82, 2.24) is 9.97 Å². The maximum absolute atomic E-state index is 12.9. The largest absolute Gasteiger partial charge is 0.512 e. The van der Waals surface area contributed by atoms with E-state index in [1.807, 2.05) is 18.2 Å². The van der Waals surface area contributed by atoms with Crippen molar-refractivity contribution in [3.63, 3.8) is 0 Å². The Morgan fingerprint density at radius 3 is 1.25 bits per heavy atom. The van der Waals surface area contributed by atoms with E-state index in [9.17, 15) is 9.90 Å². The van der Waals surface area contributed by atoms with Crippen LogP contribution in [0.15, 0.2) is 236 Å². The molecule has 0 atom stereocenters. The van der Waals surface area contributed by atoms with Crippen molar-refractivity contribution in [2.45, 2.75) is 19.8 Å². The van der Waals surface area contributed by atoms with Crippen LogP contribution < -0.4 is 0 Å². The number of allylic oxidation sites excluding steroid dienone is 2. The van der Waals surface area contributed by atoms with Crippen LogP contribution in [0.25, 0.3) is 122 Å². The van der Waals surface area contributed by atoms with Gasteiger partial charge in [0.05, 0.1) is 16.8 Å². The molecule has 5 heteroatoms. The minimum Gasteiger partial charge on any atom is -0.512 e. The van der Waals surface area contributed by atoms with E-state index in [1.54, 1.807) is 0 Å². The molecule has 0 spiro atoms. The van der Waals surface area contributed by atoms with Gasteiger partial charge in [-0.2, -0.15) is 0 Å². The Kier molecular flexibility index (Phi) is 13.0. The first-order chi connectivity index (χ1) is 35.4. The van der Waals surface area contributed by atoms with Gasteiger partial charge < -0.3 is 5.11 Å². The van der Waals surface area contributed by atoms with Crippen LogP contribution in [0.1, 0.15) is 18.9 Å². The van der Waals surface area contributed by atoms with E-state index in [4.69, 9.17) is 9.97 Å². The number of hydrogen-bond acceptors (Lipinski definition) is 4. The van der Waals surface area contributed by atoms with Gasteiger partial charge in [-0.3, -0.25) is 14.8 Å². The van der Waals surface area contributed by atoms with Crippen molar-refractivity contribution in [1.29, 1.82) is 0 Å². The number of aromatic nitrogens is 2. The number of aliphatic hydroxyl groups excluding tert-OH is 1. The summed E-state index contributed by atoms with van der Waals surface area (Å²) in [6.07, 6.45) is 2.12. The van der Waals surface area contributed by atoms with E-state index in [1.165, 1.54) is 23.8 Å². The normalized spacial score (nSPS) is 11.5. The third kappa shape index (κ3) is 9.18. The molecule has 0 bridgehead atoms. The summed E-state index contributed by atoms with van der Waals surface area (Å²) in [5.74, 6) is -0.0953. The van der Waals surface area contributed by atoms with Gasteiger partial charge in [-0.05, 0) is 116 Å². The predicted octanol–water partition coefficient (Wildman–Crippen LogP) is 17.3. The molecule has 4 nitrogen and oxygen atoms in total. The smallest absolute Gasteiger partial charge is 0.159 e. The van der Waals surface area contributed by atoms with Crippen molar-refractivity contribution >= 4 is 49.1 Å². The molecule has 0 saturated heterocycles. The Balaban J connectivity index is 0.00000574. The first-order valence-corrected chi connectivity index (χ1v) is 24.4. The molecule has 73 heavy (non-hydrogen) atoms. The predicted molar refractivity (Wildman–Crippen MR) is 297 cm³/mol. The molecule has 12 rings (SSSR count). The van der Waals surface area contributed by atoms with Gasteiger partial charge in [0.2, 0.25) is 0 Å². The fourth-order valence-electron chi connectivity index (χ4n) is 10.3. The number of aryl methyl sites for hydroxylation is 1. The number of fused-ring (bicyclic) bond motifs is 6. The zero-order chi connectivity index (χ0) is 48.5. The quantitative estimate of drug-likeness (QED) is 0.0607. The molecular formula is C68H46IrN2O2-2. The monoisotopic (exact) mass is 1120 g/mol. The number of aliphatic hydroxyl groups is 1. The van der Waals surface area contributed by atoms with Gasteiger partial charge in [0.15, 0.2) is 5.78 Å². The maximum Gasteiger partial charge on any atom is 0.159 e. The molecular weight excluding hydrogens is 1070 g/mol. The van der Waals surface area contributed by atoms with Crippen LogP contribution in [-0.4, -0.2) is 20.9 Å². The number of pyridine rings is 2. The molecule has 0 fully saturated rings. The van der Waals surface area contributed by atoms with E-state index < -0.39 is 0 Å². The summed E-state index contributed by atoms with van der Waals surface area (Å²) < 4.78 is 0. The second-order valence-electron chi connectivity index (χ2n) is 18.3. The number of carbonyl (C=O) groups excluding carboxylic acids is 1. The maximum atomic E-state index is 12.9. The Morgan fingerprint density at radius 2 is 0.808 bits per heavy atom. The molecule has 0 amide bonds. The molecule has 0 aliphatic rings. The Bertz CT molecular complexity index is 3860. The van der Waals surface area contributed by atoms with Crippen LogP contribution >= 0.6 is 0 Å². The minimum atomic E-state index is -0.109. The summed E-state index contributed by atoms with van der Waals surface area (Å²) in [7, 11) is 0. The summed E-state index contributed by atoms with van der Waals surface area (Å²) in [5.41, 5.74) is 17.3. The molecule has 0 aliphatic carbocycles. The Morgan fingerprint density at radius 1 is 0.438 bits per heavy atom. The van der Waals surface area contributed by atoms with Gasteiger partial charge in [-0.25, -0.2) is 0 Å². The van der Waals surface area contributed by atoms with Crippen LogP contribution in [0.3, 0.4) is 0 Å². The average Bonchev–Trinajstić information content (AvgIpc) is 3.44. The van der Waals surface area contributed by atoms with Crippen LogP contribution in [-0.2, 0) is 31.3 Å². The van der Waals surface area contributed by atoms with Gasteiger partial charge >= 0.3 is 0 Å². The molecule has 0 unspecified atom stereocenters. The van der Waals surface area contributed by atoms with Crippen molar-refractivity contribution in [2.75, 3.05) is 0 Å². The van der Waals surface area contributed by atoms with Crippen molar-refractivity contribution in [2.24, 2.45) is 0 Å². The van der Waals surface area contributed by atoms with Crippen molar-refractivity contribution in [3.8, 4) is 78.1 Å². The van der Waals surface area contributed by atoms with Crippen LogP contribution in [0.5, 0.6) is 0 Å². The average molecular weight is 1120 g/mol. The number of ketones is 1. The van der Waals surface area contributed by atoms with Crippen LogP contribution in [0, 0.1) is 12.1 Å². The molecule has 351 valence electrons. The number of nitrogens with zero attached hydrogens (tertiary/aromatic N) is 2. The summed E-state index contributed by atoms with van der Waals surface area (Å²) in [6.45, 7) is 1.53. The Hall–Kier alpha value is -8.60. The van der Waals surface area contributed by atoms with Crippen molar-refractivity contribution in [3.05, 3.63) is 254 Å². The van der Waals surface area contributed by atoms with Gasteiger partial charge in [-0.15, -0.1) is 59.7 Å². The topological polar surface area (TPSA) is 63.1 Å². The van der Waals surface area contributed by atoms with Crippen LogP contribution in [0.2, 0.25) is 0 Å². The number of rotatable bonds is 11. The van der Waals surface area contributed by atoms with E-state index in [-0.39, 0.29) is 38.1 Å². The molecule has 1 N–H and O–H groups in total. The van der Waals surface area contributed by atoms with Gasteiger partial charge in [-0.1, -0.05) is 180 Å². The SMILES string of the molecule is C/C(O)=C/C(=O)CCc1ccccc1-c1cc(-c2ccccc2-c2c[c-]c(-c3nc4ccccc4c4ccccc34)cc2)cc(-c2ccccc2-c2c[c-]c(-c3nc4ccccc4c4ccccc34)cc2)c1.[Ir]. The third-order valence-corrected chi connectivity index (χ3v) is 13.7.